The van der Waals surface area contributed by atoms with Gasteiger partial charge in [-0.15, -0.1) is 0 Å². The molecule has 1 aromatic rings. The normalized spacial score (nSPS) is 21.8. The first-order valence-corrected chi connectivity index (χ1v) is 5.75. The van der Waals surface area contributed by atoms with Crippen LogP contribution in [0.15, 0.2) is 24.3 Å². The van der Waals surface area contributed by atoms with E-state index in [2.05, 4.69) is 17.6 Å². The number of hydrogen-bond donors (Lipinski definition) is 2. The van der Waals surface area contributed by atoms with Gasteiger partial charge in [0, 0.05) is 24.2 Å². The summed E-state index contributed by atoms with van der Waals surface area (Å²) in [4.78, 5) is 23.0. The highest BCUT2D eigenvalue weighted by Crippen LogP contribution is 2.38. The fourth-order valence-corrected chi connectivity index (χ4v) is 1.77. The minimum absolute atomic E-state index is 0.0743. The predicted molar refractivity (Wildman–Crippen MR) is 65.7 cm³/mol. The topological polar surface area (TPSA) is 58.2 Å². The third kappa shape index (κ3) is 2.64. The zero-order valence-corrected chi connectivity index (χ0v) is 9.99. The van der Waals surface area contributed by atoms with Crippen molar-refractivity contribution < 1.29 is 9.59 Å². The first-order chi connectivity index (χ1) is 8.11. The van der Waals surface area contributed by atoms with E-state index in [1.54, 1.807) is 31.3 Å². The van der Waals surface area contributed by atoms with Gasteiger partial charge in [-0.3, -0.25) is 9.59 Å². The fourth-order valence-electron chi connectivity index (χ4n) is 1.77. The number of hydrogen-bond acceptors (Lipinski definition) is 2. The molecular weight excluding hydrogens is 216 g/mol. The summed E-state index contributed by atoms with van der Waals surface area (Å²) in [5, 5.41) is 5.40. The van der Waals surface area contributed by atoms with Gasteiger partial charge in [0.1, 0.15) is 0 Å². The average molecular weight is 232 g/mol. The first kappa shape index (κ1) is 11.6. The number of anilines is 1. The highest BCUT2D eigenvalue weighted by Gasteiger charge is 2.38. The van der Waals surface area contributed by atoms with E-state index < -0.39 is 0 Å². The smallest absolute Gasteiger partial charge is 0.251 e. The van der Waals surface area contributed by atoms with Crippen molar-refractivity contribution >= 4 is 17.5 Å². The minimum Gasteiger partial charge on any atom is -0.355 e. The summed E-state index contributed by atoms with van der Waals surface area (Å²) in [6.45, 7) is 2.07. The minimum atomic E-state index is -0.126. The lowest BCUT2D eigenvalue weighted by atomic mass is 10.2. The number of amides is 2. The number of carbonyl (C=O) groups excluding carboxylic acids is 2. The van der Waals surface area contributed by atoms with E-state index >= 15 is 0 Å². The van der Waals surface area contributed by atoms with Crippen molar-refractivity contribution in [2.24, 2.45) is 11.8 Å². The van der Waals surface area contributed by atoms with Crippen molar-refractivity contribution in [3.05, 3.63) is 29.8 Å². The van der Waals surface area contributed by atoms with Crippen LogP contribution >= 0.6 is 0 Å². The van der Waals surface area contributed by atoms with Crippen LogP contribution in [0.1, 0.15) is 23.7 Å². The van der Waals surface area contributed by atoms with Crippen LogP contribution in [0.4, 0.5) is 5.69 Å². The van der Waals surface area contributed by atoms with E-state index in [1.807, 2.05) is 0 Å². The summed E-state index contributed by atoms with van der Waals surface area (Å²) in [5.41, 5.74) is 1.33. The summed E-state index contributed by atoms with van der Waals surface area (Å²) in [6.07, 6.45) is 0.974. The van der Waals surface area contributed by atoms with Crippen LogP contribution < -0.4 is 10.6 Å². The molecule has 4 heteroatoms. The van der Waals surface area contributed by atoms with E-state index in [1.165, 1.54) is 0 Å². The van der Waals surface area contributed by atoms with E-state index in [9.17, 15) is 9.59 Å². The van der Waals surface area contributed by atoms with E-state index in [0.29, 0.717) is 11.5 Å². The van der Waals surface area contributed by atoms with Crippen molar-refractivity contribution in [3.63, 3.8) is 0 Å². The molecule has 2 rings (SSSR count). The molecule has 90 valence electrons. The van der Waals surface area contributed by atoms with E-state index in [-0.39, 0.29) is 17.7 Å². The van der Waals surface area contributed by atoms with Crippen molar-refractivity contribution in [1.29, 1.82) is 0 Å². The van der Waals surface area contributed by atoms with Crippen molar-refractivity contribution in [1.82, 2.24) is 5.32 Å². The molecule has 2 atom stereocenters. The fraction of sp³-hybridized carbons (Fsp3) is 0.385. The molecule has 1 aliphatic carbocycles. The predicted octanol–water partition coefficient (Wildman–Crippen LogP) is 1.64. The lowest BCUT2D eigenvalue weighted by Gasteiger charge is -2.05. The van der Waals surface area contributed by atoms with Crippen LogP contribution in [0.5, 0.6) is 0 Å². The summed E-state index contributed by atoms with van der Waals surface area (Å²) in [7, 11) is 1.59. The lowest BCUT2D eigenvalue weighted by Crippen LogP contribution is -2.18. The summed E-state index contributed by atoms with van der Waals surface area (Å²) in [5.74, 6) is 0.609. The largest absolute Gasteiger partial charge is 0.355 e. The standard InChI is InChI=1S/C13H16N2O2/c1-8-7-11(8)13(17)15-10-5-3-9(4-6-10)12(16)14-2/h3-6,8,11H,7H2,1-2H3,(H,14,16)(H,15,17)/t8-,11+/m1/s1. The van der Waals surface area contributed by atoms with Gasteiger partial charge in [-0.2, -0.15) is 0 Å². The third-order valence-corrected chi connectivity index (χ3v) is 3.09. The van der Waals surface area contributed by atoms with Gasteiger partial charge < -0.3 is 10.6 Å². The monoisotopic (exact) mass is 232 g/mol. The highest BCUT2D eigenvalue weighted by molar-refractivity contribution is 5.96. The van der Waals surface area contributed by atoms with Crippen LogP contribution in [0, 0.1) is 11.8 Å². The molecule has 0 saturated heterocycles. The molecule has 0 spiro atoms. The Bertz CT molecular complexity index is 439. The van der Waals surface area contributed by atoms with Crippen LogP contribution in [0.3, 0.4) is 0 Å². The van der Waals surface area contributed by atoms with Gasteiger partial charge in [-0.25, -0.2) is 0 Å². The molecule has 1 fully saturated rings. The van der Waals surface area contributed by atoms with Gasteiger partial charge in [0.05, 0.1) is 0 Å². The number of rotatable bonds is 3. The summed E-state index contributed by atoms with van der Waals surface area (Å²) < 4.78 is 0. The molecule has 17 heavy (non-hydrogen) atoms. The Morgan fingerprint density at radius 2 is 1.82 bits per heavy atom. The average Bonchev–Trinajstić information content (AvgIpc) is 3.06. The van der Waals surface area contributed by atoms with Gasteiger partial charge in [0.25, 0.3) is 5.91 Å². The Morgan fingerprint density at radius 1 is 1.24 bits per heavy atom. The second-order valence-corrected chi connectivity index (χ2v) is 4.47. The second kappa shape index (κ2) is 4.57. The lowest BCUT2D eigenvalue weighted by molar-refractivity contribution is -0.117. The Hall–Kier alpha value is -1.84. The van der Waals surface area contributed by atoms with Crippen LogP contribution in [-0.4, -0.2) is 18.9 Å². The number of benzene rings is 1. The Kier molecular flexibility index (Phi) is 3.13. The highest BCUT2D eigenvalue weighted by atomic mass is 16.2. The quantitative estimate of drug-likeness (QED) is 0.832. The van der Waals surface area contributed by atoms with Crippen LogP contribution in [0.25, 0.3) is 0 Å². The van der Waals surface area contributed by atoms with Crippen molar-refractivity contribution in [2.45, 2.75) is 13.3 Å². The first-order valence-electron chi connectivity index (χ1n) is 5.75. The SMILES string of the molecule is CNC(=O)c1ccc(NC(=O)[C@H]2C[C@H]2C)cc1. The molecule has 2 N–H and O–H groups in total. The number of nitrogens with one attached hydrogen (secondary N) is 2. The Balaban J connectivity index is 1.98. The molecule has 1 aromatic carbocycles. The summed E-state index contributed by atoms with van der Waals surface area (Å²) in [6, 6.07) is 6.89. The Morgan fingerprint density at radius 3 is 2.29 bits per heavy atom. The van der Waals surface area contributed by atoms with Gasteiger partial charge in [0.15, 0.2) is 0 Å². The molecule has 0 aromatic heterocycles. The van der Waals surface area contributed by atoms with Crippen LogP contribution in [0.2, 0.25) is 0 Å². The van der Waals surface area contributed by atoms with Crippen LogP contribution in [-0.2, 0) is 4.79 Å². The molecule has 1 saturated carbocycles. The molecule has 4 nitrogen and oxygen atoms in total. The van der Waals surface area contributed by atoms with Crippen molar-refractivity contribution in [2.75, 3.05) is 12.4 Å². The molecule has 0 heterocycles. The van der Waals surface area contributed by atoms with E-state index in [4.69, 9.17) is 0 Å². The maximum Gasteiger partial charge on any atom is 0.251 e. The van der Waals surface area contributed by atoms with Gasteiger partial charge in [0.2, 0.25) is 5.91 Å². The maximum absolute atomic E-state index is 11.7. The molecule has 0 radical (unpaired) electrons. The molecule has 1 aliphatic rings. The van der Waals surface area contributed by atoms with Gasteiger partial charge >= 0.3 is 0 Å². The molecule has 0 unspecified atom stereocenters. The molecule has 0 aliphatic heterocycles. The van der Waals surface area contributed by atoms with Gasteiger partial charge in [-0.1, -0.05) is 6.92 Å². The zero-order chi connectivity index (χ0) is 12.4. The van der Waals surface area contributed by atoms with E-state index in [0.717, 1.165) is 12.1 Å². The number of carbonyl (C=O) groups is 2. The Labute approximate surface area is 100 Å². The molecular formula is C13H16N2O2. The summed E-state index contributed by atoms with van der Waals surface area (Å²) >= 11 is 0. The molecule has 2 amide bonds. The third-order valence-electron chi connectivity index (χ3n) is 3.09. The zero-order valence-electron chi connectivity index (χ0n) is 9.99. The van der Waals surface area contributed by atoms with Gasteiger partial charge in [-0.05, 0) is 36.6 Å². The second-order valence-electron chi connectivity index (χ2n) is 4.47. The van der Waals surface area contributed by atoms with Crippen molar-refractivity contribution in [3.8, 4) is 0 Å². The molecule has 0 bridgehead atoms. The maximum atomic E-state index is 11.7.